The molecule has 0 amide bonds. The van der Waals surface area contributed by atoms with E-state index in [4.69, 9.17) is 4.74 Å². The molecule has 5 rings (SSSR count). The first-order valence-electron chi connectivity index (χ1n) is 10.9. The summed E-state index contributed by atoms with van der Waals surface area (Å²) in [6.07, 6.45) is 1.47. The van der Waals surface area contributed by atoms with Crippen LogP contribution in [0.2, 0.25) is 0 Å². The molecule has 0 fully saturated rings. The number of fused-ring (bicyclic) bond motifs is 2. The van der Waals surface area contributed by atoms with Gasteiger partial charge in [0, 0.05) is 59.4 Å². The molecule has 5 nitrogen and oxygen atoms in total. The third-order valence-corrected chi connectivity index (χ3v) is 6.10. The van der Waals surface area contributed by atoms with Crippen LogP contribution in [0.5, 0.6) is 5.75 Å². The van der Waals surface area contributed by atoms with Crippen LogP contribution in [0, 0.1) is 0 Å². The lowest BCUT2D eigenvalue weighted by Crippen LogP contribution is -2.38. The molecule has 1 atom stereocenters. The highest BCUT2D eigenvalue weighted by molar-refractivity contribution is 5.93. The van der Waals surface area contributed by atoms with Gasteiger partial charge >= 0.3 is 6.18 Å². The van der Waals surface area contributed by atoms with Crippen molar-refractivity contribution in [2.24, 2.45) is 0 Å². The molecule has 0 saturated heterocycles. The van der Waals surface area contributed by atoms with E-state index in [-0.39, 0.29) is 6.61 Å². The highest BCUT2D eigenvalue weighted by Gasteiger charge is 2.31. The Hall–Kier alpha value is -3.23. The van der Waals surface area contributed by atoms with E-state index in [0.29, 0.717) is 18.6 Å². The molecule has 0 radical (unpaired) electrons. The number of H-pyrrole nitrogens is 2. The Morgan fingerprint density at radius 3 is 2.73 bits per heavy atom. The number of hydrogen-bond acceptors (Lipinski definition) is 3. The van der Waals surface area contributed by atoms with Gasteiger partial charge in [0.25, 0.3) is 0 Å². The van der Waals surface area contributed by atoms with Crippen molar-refractivity contribution >= 4 is 27.4 Å². The number of halogens is 3. The third-order valence-electron chi connectivity index (χ3n) is 6.10. The van der Waals surface area contributed by atoms with Crippen LogP contribution < -0.4 is 4.74 Å². The number of aliphatic hydroxyl groups excluding tert-OH is 1. The molecule has 0 saturated carbocycles. The van der Waals surface area contributed by atoms with Crippen molar-refractivity contribution < 1.29 is 23.0 Å². The molecule has 8 heteroatoms. The minimum absolute atomic E-state index is 0.196. The van der Waals surface area contributed by atoms with Crippen LogP contribution >= 0.6 is 0 Å². The van der Waals surface area contributed by atoms with Gasteiger partial charge in [-0.2, -0.15) is 13.2 Å². The van der Waals surface area contributed by atoms with Gasteiger partial charge in [-0.05, 0) is 42.3 Å². The Morgan fingerprint density at radius 2 is 1.94 bits per heavy atom. The maximum Gasteiger partial charge on any atom is 0.416 e. The van der Waals surface area contributed by atoms with Crippen molar-refractivity contribution in [1.29, 1.82) is 0 Å². The van der Waals surface area contributed by atoms with Gasteiger partial charge < -0.3 is 19.8 Å². The van der Waals surface area contributed by atoms with E-state index in [1.807, 2.05) is 30.5 Å². The number of nitrogens with zero attached hydrogens (tertiary/aromatic N) is 1. The molecule has 172 valence electrons. The molecule has 1 aliphatic heterocycles. The highest BCUT2D eigenvalue weighted by atomic mass is 19.4. The predicted molar refractivity (Wildman–Crippen MR) is 122 cm³/mol. The Bertz CT molecular complexity index is 1310. The molecular weight excluding hydrogens is 431 g/mol. The Kier molecular flexibility index (Phi) is 5.64. The fraction of sp³-hybridized carbons (Fsp3) is 0.280. The molecule has 2 aromatic heterocycles. The first kappa shape index (κ1) is 21.6. The normalized spacial score (nSPS) is 16.3. The summed E-state index contributed by atoms with van der Waals surface area (Å²) in [5.74, 6) is 0.738. The predicted octanol–water partition coefficient (Wildman–Crippen LogP) is 5.20. The Morgan fingerprint density at radius 1 is 1.06 bits per heavy atom. The van der Waals surface area contributed by atoms with Crippen molar-refractivity contribution in [3.63, 3.8) is 0 Å². The number of rotatable bonds is 6. The average molecular weight is 455 g/mol. The number of ether oxygens (including phenoxy) is 1. The topological polar surface area (TPSA) is 64.3 Å². The maximum absolute atomic E-state index is 13.0. The molecule has 3 heterocycles. The largest absolute Gasteiger partial charge is 0.490 e. The molecular formula is C25H24F3N3O2. The molecule has 33 heavy (non-hydrogen) atoms. The van der Waals surface area contributed by atoms with E-state index < -0.39 is 17.8 Å². The van der Waals surface area contributed by atoms with Crippen LogP contribution in [-0.2, 0) is 6.18 Å². The molecule has 0 unspecified atom stereocenters. The number of aromatic amines is 2. The fourth-order valence-electron chi connectivity index (χ4n) is 4.41. The summed E-state index contributed by atoms with van der Waals surface area (Å²) >= 11 is 0. The second-order valence-corrected chi connectivity index (χ2v) is 8.36. The quantitative estimate of drug-likeness (QED) is 0.375. The third kappa shape index (κ3) is 4.49. The highest BCUT2D eigenvalue weighted by Crippen LogP contribution is 2.34. The van der Waals surface area contributed by atoms with Crippen LogP contribution in [0.3, 0.4) is 0 Å². The zero-order chi connectivity index (χ0) is 23.0. The smallest absolute Gasteiger partial charge is 0.416 e. The van der Waals surface area contributed by atoms with Gasteiger partial charge in [0.1, 0.15) is 18.5 Å². The zero-order valence-corrected chi connectivity index (χ0v) is 17.8. The van der Waals surface area contributed by atoms with Crippen molar-refractivity contribution in [3.8, 4) is 5.75 Å². The van der Waals surface area contributed by atoms with Crippen LogP contribution in [0.25, 0.3) is 27.4 Å². The van der Waals surface area contributed by atoms with E-state index in [1.165, 1.54) is 6.07 Å². The van der Waals surface area contributed by atoms with Crippen molar-refractivity contribution in [2.45, 2.75) is 18.7 Å². The van der Waals surface area contributed by atoms with E-state index in [9.17, 15) is 18.3 Å². The summed E-state index contributed by atoms with van der Waals surface area (Å²) in [4.78, 5) is 8.25. The first-order chi connectivity index (χ1) is 15.9. The maximum atomic E-state index is 13.0. The van der Waals surface area contributed by atoms with Crippen LogP contribution in [0.15, 0.2) is 60.9 Å². The summed E-state index contributed by atoms with van der Waals surface area (Å²) in [6.45, 7) is 2.09. The van der Waals surface area contributed by atoms with E-state index >= 15 is 0 Å². The number of aliphatic hydroxyl groups is 1. The van der Waals surface area contributed by atoms with Crippen LogP contribution in [0.4, 0.5) is 13.2 Å². The molecule has 0 spiro atoms. The Balaban J connectivity index is 1.20. The van der Waals surface area contributed by atoms with Crippen molar-refractivity contribution in [2.75, 3.05) is 26.2 Å². The molecule has 1 aliphatic rings. The van der Waals surface area contributed by atoms with Gasteiger partial charge in [0.05, 0.1) is 5.56 Å². The summed E-state index contributed by atoms with van der Waals surface area (Å²) in [7, 11) is 0. The summed E-state index contributed by atoms with van der Waals surface area (Å²) in [5, 5.41) is 12.2. The summed E-state index contributed by atoms with van der Waals surface area (Å²) in [6, 6.07) is 11.5. The van der Waals surface area contributed by atoms with Crippen LogP contribution in [0.1, 0.15) is 17.5 Å². The molecule has 0 aliphatic carbocycles. The minimum atomic E-state index is -4.36. The Labute approximate surface area is 188 Å². The molecule has 0 bridgehead atoms. The number of β-amino-alcohol motifs (C(OH)–C–C–N with tert-alkyl or cyclic N) is 1. The zero-order valence-electron chi connectivity index (χ0n) is 17.8. The number of hydrogen-bond donors (Lipinski definition) is 3. The van der Waals surface area contributed by atoms with Gasteiger partial charge in [-0.15, -0.1) is 0 Å². The lowest BCUT2D eigenvalue weighted by Gasteiger charge is -2.28. The monoisotopic (exact) mass is 455 g/mol. The van der Waals surface area contributed by atoms with E-state index in [2.05, 4.69) is 20.9 Å². The van der Waals surface area contributed by atoms with Gasteiger partial charge in [-0.25, -0.2) is 0 Å². The lowest BCUT2D eigenvalue weighted by atomic mass is 9.98. The van der Waals surface area contributed by atoms with Gasteiger partial charge in [-0.1, -0.05) is 18.2 Å². The fourth-order valence-corrected chi connectivity index (χ4v) is 4.41. The van der Waals surface area contributed by atoms with Crippen molar-refractivity contribution in [1.82, 2.24) is 14.9 Å². The number of alkyl halides is 3. The van der Waals surface area contributed by atoms with Crippen LogP contribution in [-0.4, -0.2) is 52.3 Å². The van der Waals surface area contributed by atoms with E-state index in [0.717, 1.165) is 58.3 Å². The van der Waals surface area contributed by atoms with Gasteiger partial charge in [-0.3, -0.25) is 4.90 Å². The average Bonchev–Trinajstić information content (AvgIpc) is 3.44. The molecule has 4 aromatic rings. The van der Waals surface area contributed by atoms with Gasteiger partial charge in [0.2, 0.25) is 0 Å². The number of nitrogens with one attached hydrogen (secondary N) is 2. The van der Waals surface area contributed by atoms with E-state index in [1.54, 1.807) is 6.20 Å². The number of aromatic nitrogens is 2. The van der Waals surface area contributed by atoms with Gasteiger partial charge in [0.15, 0.2) is 0 Å². The SMILES string of the molecule is O[C@H](COc1cccc2[nH]ccc12)CN1CC=C(c2c[nH]c3cc(C(F)(F)F)ccc23)CC1. The minimum Gasteiger partial charge on any atom is -0.490 e. The van der Waals surface area contributed by atoms with Crippen molar-refractivity contribution in [3.05, 3.63) is 72.1 Å². The standard InChI is InChI=1S/C25H24F3N3O2/c26-25(27,28)17-4-5-19-21(13-30-23(19)12-17)16-7-10-31(11-8-16)14-18(32)15-33-24-3-1-2-22-20(24)6-9-29-22/h1-7,9,12-13,18,29-30,32H,8,10-11,14-15H2/t18-/m0/s1. The molecule has 3 N–H and O–H groups in total. The second-order valence-electron chi connectivity index (χ2n) is 8.36. The summed E-state index contributed by atoms with van der Waals surface area (Å²) in [5.41, 5.74) is 2.84. The second kappa shape index (κ2) is 8.61. The molecule has 2 aromatic carbocycles. The first-order valence-corrected chi connectivity index (χ1v) is 10.9. The lowest BCUT2D eigenvalue weighted by molar-refractivity contribution is -0.137. The number of benzene rings is 2. The summed E-state index contributed by atoms with van der Waals surface area (Å²) < 4.78 is 44.8.